The summed E-state index contributed by atoms with van der Waals surface area (Å²) in [5.41, 5.74) is 0. The zero-order chi connectivity index (χ0) is 9.52. The molecule has 78 valence electrons. The Kier molecular flexibility index (Phi) is 5.58. The van der Waals surface area contributed by atoms with Crippen molar-refractivity contribution in [3.05, 3.63) is 0 Å². The van der Waals surface area contributed by atoms with Gasteiger partial charge in [0.1, 0.15) is 0 Å². The van der Waals surface area contributed by atoms with Crippen LogP contribution in [0.5, 0.6) is 0 Å². The molecule has 1 aliphatic rings. The molecule has 2 N–H and O–H groups in total. The van der Waals surface area contributed by atoms with E-state index in [4.69, 9.17) is 9.63 Å². The topological polar surface area (TPSA) is 67.8 Å². The zero-order valence-electron chi connectivity index (χ0n) is 7.49. The molecule has 0 bridgehead atoms. The highest BCUT2D eigenvalue weighted by atomic mass is 31.1. The lowest BCUT2D eigenvalue weighted by atomic mass is 10.2. The van der Waals surface area contributed by atoms with Crippen molar-refractivity contribution in [2.24, 2.45) is 0 Å². The van der Waals surface area contributed by atoms with Gasteiger partial charge in [0.05, 0.1) is 19.8 Å². The van der Waals surface area contributed by atoms with Crippen LogP contribution in [0.3, 0.4) is 0 Å². The summed E-state index contributed by atoms with van der Waals surface area (Å²) in [6.45, 7) is 2.31. The Bertz CT molecular complexity index is 161. The lowest BCUT2D eigenvalue weighted by Gasteiger charge is -2.09. The summed E-state index contributed by atoms with van der Waals surface area (Å²) in [5, 5.41) is 3.29. The molecule has 0 aliphatic carbocycles. The van der Waals surface area contributed by atoms with Gasteiger partial charge in [0.25, 0.3) is 0 Å². The quantitative estimate of drug-likeness (QED) is 0.481. The molecule has 0 amide bonds. The van der Waals surface area contributed by atoms with E-state index in [9.17, 15) is 4.57 Å². The molecule has 6 heteroatoms. The molecule has 1 unspecified atom stereocenters. The van der Waals surface area contributed by atoms with Crippen LogP contribution < -0.4 is 5.32 Å². The molecular weight excluding hydrogens is 193 g/mol. The van der Waals surface area contributed by atoms with Crippen LogP contribution in [-0.2, 0) is 13.8 Å². The third-order valence-electron chi connectivity index (χ3n) is 1.93. The molecule has 0 spiro atoms. The van der Waals surface area contributed by atoms with Crippen LogP contribution in [0.15, 0.2) is 0 Å². The van der Waals surface area contributed by atoms with Crippen molar-refractivity contribution in [3.8, 4) is 0 Å². The average molecular weight is 209 g/mol. The first-order valence-corrected chi connectivity index (χ1v) is 5.72. The fraction of sp³-hybridized carbons (Fsp3) is 1.00. The highest BCUT2D eigenvalue weighted by Gasteiger charge is 2.13. The molecule has 13 heavy (non-hydrogen) atoms. The summed E-state index contributed by atoms with van der Waals surface area (Å²) in [5.74, 6) is 0. The van der Waals surface area contributed by atoms with Gasteiger partial charge in [-0.3, -0.25) is 4.57 Å². The summed E-state index contributed by atoms with van der Waals surface area (Å²) in [4.78, 5) is 8.32. The Hall–Kier alpha value is 0.0700. The summed E-state index contributed by atoms with van der Waals surface area (Å²) < 4.78 is 19.8. The Morgan fingerprint density at radius 3 is 3.00 bits per heavy atom. The fourth-order valence-electron chi connectivity index (χ4n) is 1.31. The number of ether oxygens (including phenoxy) is 1. The number of hydrogen-bond donors (Lipinski definition) is 2. The standard InChI is InChI=1S/C7H16NO4P/c9-13(10)12-5-4-11-6-7-2-1-3-8-7/h7-8,13H,1-6H2,(H,9,10)/t7-/m0/s1. The molecule has 1 heterocycles. The van der Waals surface area contributed by atoms with Crippen LogP contribution in [0.25, 0.3) is 0 Å². The minimum Gasteiger partial charge on any atom is -0.377 e. The van der Waals surface area contributed by atoms with Gasteiger partial charge < -0.3 is 19.5 Å². The van der Waals surface area contributed by atoms with E-state index in [2.05, 4.69) is 9.84 Å². The third-order valence-corrected chi connectivity index (χ3v) is 2.39. The monoisotopic (exact) mass is 209 g/mol. The number of rotatable bonds is 6. The van der Waals surface area contributed by atoms with Crippen molar-refractivity contribution in [2.45, 2.75) is 18.9 Å². The van der Waals surface area contributed by atoms with Gasteiger partial charge in [0, 0.05) is 6.04 Å². The lowest BCUT2D eigenvalue weighted by Crippen LogP contribution is -2.27. The second-order valence-electron chi connectivity index (χ2n) is 2.98. The first kappa shape index (κ1) is 11.1. The number of hydrogen-bond acceptors (Lipinski definition) is 4. The average Bonchev–Trinajstić information content (AvgIpc) is 2.55. The van der Waals surface area contributed by atoms with E-state index in [1.165, 1.54) is 6.42 Å². The van der Waals surface area contributed by atoms with Gasteiger partial charge in [-0.15, -0.1) is 0 Å². The van der Waals surface area contributed by atoms with E-state index < -0.39 is 8.25 Å². The lowest BCUT2D eigenvalue weighted by molar-refractivity contribution is 0.0857. The van der Waals surface area contributed by atoms with E-state index in [0.29, 0.717) is 19.3 Å². The highest BCUT2D eigenvalue weighted by Crippen LogP contribution is 2.13. The largest absolute Gasteiger partial charge is 0.377 e. The van der Waals surface area contributed by atoms with Crippen molar-refractivity contribution >= 4 is 8.25 Å². The van der Waals surface area contributed by atoms with Crippen molar-refractivity contribution < 1.29 is 18.7 Å². The third kappa shape index (κ3) is 5.39. The Morgan fingerprint density at radius 1 is 1.54 bits per heavy atom. The van der Waals surface area contributed by atoms with Crippen molar-refractivity contribution in [1.82, 2.24) is 5.32 Å². The van der Waals surface area contributed by atoms with Gasteiger partial charge in [-0.05, 0) is 19.4 Å². The summed E-state index contributed by atoms with van der Waals surface area (Å²) in [7, 11) is -2.78. The molecule has 1 saturated heterocycles. The summed E-state index contributed by atoms with van der Waals surface area (Å²) >= 11 is 0. The van der Waals surface area contributed by atoms with Crippen LogP contribution in [-0.4, -0.2) is 37.3 Å². The molecule has 0 aromatic rings. The SMILES string of the molecule is O=[PH](O)OCCOC[C@@H]1CCCN1. The summed E-state index contributed by atoms with van der Waals surface area (Å²) in [6.07, 6.45) is 2.35. The summed E-state index contributed by atoms with van der Waals surface area (Å²) in [6, 6.07) is 0.450. The van der Waals surface area contributed by atoms with Crippen LogP contribution in [0, 0.1) is 0 Å². The van der Waals surface area contributed by atoms with Crippen LogP contribution in [0.1, 0.15) is 12.8 Å². The predicted molar refractivity (Wildman–Crippen MR) is 49.0 cm³/mol. The smallest absolute Gasteiger partial charge is 0.316 e. The fourth-order valence-corrected chi connectivity index (χ4v) is 1.57. The van der Waals surface area contributed by atoms with Gasteiger partial charge in [-0.25, -0.2) is 0 Å². The maximum absolute atomic E-state index is 10.1. The van der Waals surface area contributed by atoms with Crippen LogP contribution in [0.4, 0.5) is 0 Å². The first-order chi connectivity index (χ1) is 6.29. The van der Waals surface area contributed by atoms with Crippen LogP contribution in [0.2, 0.25) is 0 Å². The van der Waals surface area contributed by atoms with Crippen molar-refractivity contribution in [3.63, 3.8) is 0 Å². The normalized spacial score (nSPS) is 24.8. The molecule has 1 aliphatic heterocycles. The number of nitrogens with one attached hydrogen (secondary N) is 1. The second-order valence-corrected chi connectivity index (χ2v) is 3.80. The van der Waals surface area contributed by atoms with Gasteiger partial charge in [0.2, 0.25) is 0 Å². The van der Waals surface area contributed by atoms with Gasteiger partial charge >= 0.3 is 8.25 Å². The molecule has 0 radical (unpaired) electrons. The maximum Gasteiger partial charge on any atom is 0.316 e. The van der Waals surface area contributed by atoms with Gasteiger partial charge in [0.15, 0.2) is 0 Å². The van der Waals surface area contributed by atoms with Crippen molar-refractivity contribution in [2.75, 3.05) is 26.4 Å². The van der Waals surface area contributed by atoms with E-state index in [-0.39, 0.29) is 6.61 Å². The molecule has 5 nitrogen and oxygen atoms in total. The van der Waals surface area contributed by atoms with E-state index in [1.54, 1.807) is 0 Å². The molecule has 0 saturated carbocycles. The van der Waals surface area contributed by atoms with Gasteiger partial charge in [-0.1, -0.05) is 0 Å². The Labute approximate surface area is 78.4 Å². The molecule has 0 aromatic carbocycles. The molecular formula is C7H16NO4P. The first-order valence-electron chi connectivity index (χ1n) is 4.46. The van der Waals surface area contributed by atoms with Crippen molar-refractivity contribution in [1.29, 1.82) is 0 Å². The zero-order valence-corrected chi connectivity index (χ0v) is 8.49. The van der Waals surface area contributed by atoms with E-state index >= 15 is 0 Å². The maximum atomic E-state index is 10.1. The Morgan fingerprint density at radius 2 is 2.38 bits per heavy atom. The van der Waals surface area contributed by atoms with Gasteiger partial charge in [-0.2, -0.15) is 0 Å². The Balaban J connectivity index is 1.86. The highest BCUT2D eigenvalue weighted by molar-refractivity contribution is 7.32. The minimum absolute atomic E-state index is 0.195. The molecule has 1 fully saturated rings. The van der Waals surface area contributed by atoms with Crippen LogP contribution >= 0.6 is 8.25 Å². The molecule has 0 aromatic heterocycles. The second kappa shape index (κ2) is 6.51. The van der Waals surface area contributed by atoms with E-state index in [0.717, 1.165) is 13.0 Å². The minimum atomic E-state index is -2.78. The predicted octanol–water partition coefficient (Wildman–Crippen LogP) is 0.154. The molecule has 1 rings (SSSR count). The van der Waals surface area contributed by atoms with E-state index in [1.807, 2.05) is 0 Å². The molecule has 2 atom stereocenters.